The first kappa shape index (κ1) is 19.5. The number of hydrogen-bond acceptors (Lipinski definition) is 7. The van der Waals surface area contributed by atoms with E-state index in [0.29, 0.717) is 17.5 Å². The standard InChI is InChI=1S/C18H22N6OS2/c1-4-14(16(25)21-17-20-8-9-26-17)27-18-23-22-15(24(18)11-12(2)3)13-6-5-7-19-10-13/h5-10,12,14H,4,11H2,1-3H3,(H,20,21,25)/t14-/m1/s1. The normalized spacial score (nSPS) is 12.3. The van der Waals surface area contributed by atoms with Gasteiger partial charge in [0.25, 0.3) is 0 Å². The number of pyridine rings is 1. The number of thiazole rings is 1. The number of rotatable bonds is 8. The molecular weight excluding hydrogens is 380 g/mol. The van der Waals surface area contributed by atoms with Crippen molar-refractivity contribution in [1.29, 1.82) is 0 Å². The van der Waals surface area contributed by atoms with Crippen LogP contribution in [0, 0.1) is 5.92 Å². The maximum atomic E-state index is 12.6. The van der Waals surface area contributed by atoms with E-state index in [1.165, 1.54) is 23.1 Å². The first-order chi connectivity index (χ1) is 13.1. The predicted octanol–water partition coefficient (Wildman–Crippen LogP) is 3.96. The number of nitrogens with zero attached hydrogens (tertiary/aromatic N) is 5. The van der Waals surface area contributed by atoms with Gasteiger partial charge in [0.2, 0.25) is 5.91 Å². The minimum absolute atomic E-state index is 0.0699. The van der Waals surface area contributed by atoms with Crippen molar-refractivity contribution < 1.29 is 4.79 Å². The second-order valence-electron chi connectivity index (χ2n) is 6.39. The molecule has 0 fully saturated rings. The number of hydrogen-bond donors (Lipinski definition) is 1. The SMILES string of the molecule is CC[C@@H](Sc1nnc(-c2cccnc2)n1CC(C)C)C(=O)Nc1nccs1. The lowest BCUT2D eigenvalue weighted by molar-refractivity contribution is -0.115. The molecule has 0 saturated heterocycles. The molecule has 27 heavy (non-hydrogen) atoms. The highest BCUT2D eigenvalue weighted by molar-refractivity contribution is 8.00. The van der Waals surface area contributed by atoms with Gasteiger partial charge in [-0.25, -0.2) is 4.98 Å². The molecule has 1 amide bonds. The van der Waals surface area contributed by atoms with Gasteiger partial charge in [0, 0.05) is 36.1 Å². The van der Waals surface area contributed by atoms with Gasteiger partial charge in [0.1, 0.15) is 0 Å². The molecule has 3 aromatic heterocycles. The lowest BCUT2D eigenvalue weighted by Crippen LogP contribution is -2.25. The van der Waals surface area contributed by atoms with Crippen LogP contribution in [-0.2, 0) is 11.3 Å². The van der Waals surface area contributed by atoms with Gasteiger partial charge in [0.05, 0.1) is 5.25 Å². The number of anilines is 1. The number of nitrogens with one attached hydrogen (secondary N) is 1. The van der Waals surface area contributed by atoms with E-state index in [1.807, 2.05) is 24.4 Å². The first-order valence-corrected chi connectivity index (χ1v) is 10.5. The first-order valence-electron chi connectivity index (χ1n) is 8.79. The lowest BCUT2D eigenvalue weighted by atomic mass is 10.2. The molecule has 0 bridgehead atoms. The van der Waals surface area contributed by atoms with E-state index in [1.54, 1.807) is 18.6 Å². The van der Waals surface area contributed by atoms with Crippen molar-refractivity contribution in [1.82, 2.24) is 24.7 Å². The molecule has 3 rings (SSSR count). The van der Waals surface area contributed by atoms with E-state index in [-0.39, 0.29) is 11.2 Å². The van der Waals surface area contributed by atoms with Gasteiger partial charge in [-0.1, -0.05) is 32.5 Å². The molecule has 0 saturated carbocycles. The number of aromatic nitrogens is 5. The Kier molecular flexibility index (Phi) is 6.57. The Morgan fingerprint density at radius 1 is 1.33 bits per heavy atom. The fraction of sp³-hybridized carbons (Fsp3) is 0.389. The summed E-state index contributed by atoms with van der Waals surface area (Å²) in [6.07, 6.45) is 5.87. The van der Waals surface area contributed by atoms with Crippen molar-refractivity contribution in [3.8, 4) is 11.4 Å². The van der Waals surface area contributed by atoms with Crippen molar-refractivity contribution in [3.63, 3.8) is 0 Å². The van der Waals surface area contributed by atoms with E-state index in [9.17, 15) is 4.79 Å². The van der Waals surface area contributed by atoms with Crippen LogP contribution in [0.15, 0.2) is 41.3 Å². The highest BCUT2D eigenvalue weighted by Gasteiger charge is 2.24. The van der Waals surface area contributed by atoms with Gasteiger partial charge in [0.15, 0.2) is 16.1 Å². The Morgan fingerprint density at radius 3 is 2.81 bits per heavy atom. The Morgan fingerprint density at radius 2 is 2.19 bits per heavy atom. The number of carbonyl (C=O) groups excluding carboxylic acids is 1. The van der Waals surface area contributed by atoms with Crippen molar-refractivity contribution in [2.75, 3.05) is 5.32 Å². The van der Waals surface area contributed by atoms with E-state index in [4.69, 9.17) is 0 Å². The summed E-state index contributed by atoms with van der Waals surface area (Å²) < 4.78 is 2.08. The maximum absolute atomic E-state index is 12.6. The Bertz CT molecular complexity index is 863. The summed E-state index contributed by atoms with van der Waals surface area (Å²) >= 11 is 2.84. The Labute approximate surface area is 166 Å². The Balaban J connectivity index is 1.84. The molecule has 3 aromatic rings. The minimum atomic E-state index is -0.272. The maximum Gasteiger partial charge on any atom is 0.239 e. The molecule has 9 heteroatoms. The van der Waals surface area contributed by atoms with Crippen LogP contribution >= 0.6 is 23.1 Å². The Hall–Kier alpha value is -2.26. The smallest absolute Gasteiger partial charge is 0.239 e. The molecule has 0 spiro atoms. The summed E-state index contributed by atoms with van der Waals surface area (Å²) in [6, 6.07) is 3.85. The highest BCUT2D eigenvalue weighted by Crippen LogP contribution is 2.29. The van der Waals surface area contributed by atoms with Crippen LogP contribution < -0.4 is 5.32 Å². The van der Waals surface area contributed by atoms with Crippen LogP contribution in [-0.4, -0.2) is 35.9 Å². The molecule has 0 aliphatic rings. The second-order valence-corrected chi connectivity index (χ2v) is 8.46. The zero-order valence-electron chi connectivity index (χ0n) is 15.5. The van der Waals surface area contributed by atoms with Crippen molar-refractivity contribution in [2.45, 2.75) is 44.1 Å². The molecule has 0 aromatic carbocycles. The van der Waals surface area contributed by atoms with E-state index in [0.717, 1.165) is 23.1 Å². The van der Waals surface area contributed by atoms with Crippen LogP contribution in [0.1, 0.15) is 27.2 Å². The summed E-state index contributed by atoms with van der Waals surface area (Å²) in [5.41, 5.74) is 0.915. The average molecular weight is 403 g/mol. The third-order valence-corrected chi connectivity index (χ3v) is 5.79. The summed E-state index contributed by atoms with van der Waals surface area (Å²) in [4.78, 5) is 20.9. The number of carbonyl (C=O) groups is 1. The van der Waals surface area contributed by atoms with Gasteiger partial charge in [-0.05, 0) is 24.5 Å². The molecule has 7 nitrogen and oxygen atoms in total. The monoisotopic (exact) mass is 402 g/mol. The number of thioether (sulfide) groups is 1. The van der Waals surface area contributed by atoms with Crippen LogP contribution in [0.3, 0.4) is 0 Å². The van der Waals surface area contributed by atoms with Gasteiger partial charge in [-0.15, -0.1) is 21.5 Å². The summed E-state index contributed by atoms with van der Waals surface area (Å²) in [7, 11) is 0. The minimum Gasteiger partial charge on any atom is -0.302 e. The van der Waals surface area contributed by atoms with E-state index >= 15 is 0 Å². The van der Waals surface area contributed by atoms with Crippen LogP contribution in [0.2, 0.25) is 0 Å². The molecular formula is C18H22N6OS2. The molecule has 3 heterocycles. The van der Waals surface area contributed by atoms with E-state index in [2.05, 4.69) is 43.9 Å². The highest BCUT2D eigenvalue weighted by atomic mass is 32.2. The molecule has 1 N–H and O–H groups in total. The fourth-order valence-electron chi connectivity index (χ4n) is 2.53. The number of amides is 1. The molecule has 1 atom stereocenters. The summed E-state index contributed by atoms with van der Waals surface area (Å²) in [5, 5.41) is 14.5. The molecule has 0 radical (unpaired) electrons. The third kappa shape index (κ3) is 4.92. The van der Waals surface area contributed by atoms with Gasteiger partial charge in [-0.2, -0.15) is 0 Å². The van der Waals surface area contributed by atoms with Gasteiger partial charge >= 0.3 is 0 Å². The zero-order chi connectivity index (χ0) is 19.2. The summed E-state index contributed by atoms with van der Waals surface area (Å²) in [5.74, 6) is 1.12. The van der Waals surface area contributed by atoms with Crippen molar-refractivity contribution >= 4 is 34.1 Å². The van der Waals surface area contributed by atoms with Crippen molar-refractivity contribution in [2.24, 2.45) is 5.92 Å². The molecule has 0 unspecified atom stereocenters. The van der Waals surface area contributed by atoms with Crippen molar-refractivity contribution in [3.05, 3.63) is 36.1 Å². The van der Waals surface area contributed by atoms with Gasteiger partial charge in [-0.3, -0.25) is 9.78 Å². The fourth-order valence-corrected chi connectivity index (χ4v) is 4.03. The second kappa shape index (κ2) is 9.09. The van der Waals surface area contributed by atoms with Crippen LogP contribution in [0.5, 0.6) is 0 Å². The van der Waals surface area contributed by atoms with Crippen LogP contribution in [0.25, 0.3) is 11.4 Å². The quantitative estimate of drug-likeness (QED) is 0.574. The zero-order valence-corrected chi connectivity index (χ0v) is 17.1. The summed E-state index contributed by atoms with van der Waals surface area (Å²) in [6.45, 7) is 7.05. The average Bonchev–Trinajstić information content (AvgIpc) is 3.30. The largest absolute Gasteiger partial charge is 0.302 e. The topological polar surface area (TPSA) is 85.6 Å². The molecule has 142 valence electrons. The van der Waals surface area contributed by atoms with Crippen LogP contribution in [0.4, 0.5) is 5.13 Å². The van der Waals surface area contributed by atoms with Gasteiger partial charge < -0.3 is 9.88 Å². The lowest BCUT2D eigenvalue weighted by Gasteiger charge is -2.16. The predicted molar refractivity (Wildman–Crippen MR) is 109 cm³/mol. The van der Waals surface area contributed by atoms with E-state index < -0.39 is 0 Å². The molecule has 0 aliphatic heterocycles. The molecule has 0 aliphatic carbocycles. The third-order valence-electron chi connectivity index (χ3n) is 3.76.